The molecule has 4 aromatic heterocycles. The van der Waals surface area contributed by atoms with Crippen LogP contribution >= 0.6 is 11.8 Å². The summed E-state index contributed by atoms with van der Waals surface area (Å²) >= 11 is 1.33. The Morgan fingerprint density at radius 1 is 0.488 bits per heavy atom. The Hall–Kier alpha value is -8.03. The molecule has 8 atom stereocenters. The summed E-state index contributed by atoms with van der Waals surface area (Å²) in [6.45, 7) is 5.49. The molecular formula is C65H68N10O10S. The summed E-state index contributed by atoms with van der Waals surface area (Å²) < 4.78 is 54.7. The number of ether oxygens (including phenoxy) is 8. The number of nitrogen functional groups attached to an aromatic ring is 2. The third-order valence-electron chi connectivity index (χ3n) is 15.4. The fourth-order valence-corrected chi connectivity index (χ4v) is 11.1. The van der Waals surface area contributed by atoms with Gasteiger partial charge < -0.3 is 59.6 Å². The largest absolute Gasteiger partial charge is 0.381 e. The molecule has 21 heteroatoms. The zero-order valence-corrected chi connectivity index (χ0v) is 48.6. The van der Waals surface area contributed by atoms with Gasteiger partial charge in [0.15, 0.2) is 34.1 Å². The first kappa shape index (κ1) is 59.7. The summed E-state index contributed by atoms with van der Waals surface area (Å²) in [5.41, 5.74) is 16.3. The Kier molecular flexibility index (Phi) is 18.5. The van der Waals surface area contributed by atoms with E-state index in [4.69, 9.17) is 49.4 Å². The summed E-state index contributed by atoms with van der Waals surface area (Å²) in [6.07, 6.45) is 3.16. The highest BCUT2D eigenvalue weighted by Gasteiger charge is 2.68. The van der Waals surface area contributed by atoms with Crippen LogP contribution in [0.15, 0.2) is 206 Å². The van der Waals surface area contributed by atoms with Crippen LogP contribution in [0, 0.1) is 0 Å². The number of imidazole rings is 2. The van der Waals surface area contributed by atoms with Crippen LogP contribution in [0.3, 0.4) is 0 Å². The number of aliphatic hydroxyl groups is 2. The highest BCUT2D eigenvalue weighted by molar-refractivity contribution is 7.98. The molecule has 0 saturated carbocycles. The number of benzene rings is 6. The number of nitrogens with zero attached hydrogens (tertiary/aromatic N) is 8. The zero-order valence-electron chi connectivity index (χ0n) is 47.8. The van der Waals surface area contributed by atoms with Crippen LogP contribution in [0.5, 0.6) is 0 Å². The van der Waals surface area contributed by atoms with Gasteiger partial charge in [-0.15, -0.1) is 5.10 Å². The number of thioether (sulfide) groups is 1. The Morgan fingerprint density at radius 3 is 1.24 bits per heavy atom. The fraction of sp³-hybridized carbons (Fsp3) is 0.292. The van der Waals surface area contributed by atoms with Gasteiger partial charge in [-0.25, -0.2) is 29.0 Å². The molecule has 2 aliphatic heterocycles. The van der Waals surface area contributed by atoms with Crippen molar-refractivity contribution in [2.24, 2.45) is 0 Å². The van der Waals surface area contributed by atoms with E-state index in [-0.39, 0.29) is 62.7 Å². The first-order valence-electron chi connectivity index (χ1n) is 28.1. The number of rotatable bonds is 23. The van der Waals surface area contributed by atoms with Gasteiger partial charge in [-0.3, -0.25) is 0 Å². The van der Waals surface area contributed by atoms with Crippen molar-refractivity contribution in [3.8, 4) is 0 Å². The van der Waals surface area contributed by atoms with E-state index in [1.165, 1.54) is 39.5 Å². The van der Waals surface area contributed by atoms with Gasteiger partial charge in [0.2, 0.25) is 16.7 Å². The number of anilines is 2. The quantitative estimate of drug-likeness (QED) is 0.0437. The molecule has 10 aromatic rings. The molecule has 6 aromatic carbocycles. The van der Waals surface area contributed by atoms with Gasteiger partial charge in [0.25, 0.3) is 0 Å². The second-order valence-electron chi connectivity index (χ2n) is 21.2. The van der Waals surface area contributed by atoms with Crippen LogP contribution in [0.4, 0.5) is 11.6 Å². The normalized spacial score (nSPS) is 23.6. The third-order valence-corrected chi connectivity index (χ3v) is 16.0. The molecule has 0 spiro atoms. The van der Waals surface area contributed by atoms with Gasteiger partial charge in [-0.2, -0.15) is 5.10 Å². The van der Waals surface area contributed by atoms with Crippen LogP contribution in [0.2, 0.25) is 0 Å². The van der Waals surface area contributed by atoms with Gasteiger partial charge in [-0.1, -0.05) is 194 Å². The van der Waals surface area contributed by atoms with Crippen LogP contribution in [0.1, 0.15) is 58.6 Å². The molecule has 12 rings (SSSR count). The minimum atomic E-state index is -2.07. The lowest BCUT2D eigenvalue weighted by molar-refractivity contribution is -0.294. The molecule has 444 valence electrons. The summed E-state index contributed by atoms with van der Waals surface area (Å²) in [7, 11) is 0. The minimum Gasteiger partial charge on any atom is -0.381 e. The first-order chi connectivity index (χ1) is 41.9. The van der Waals surface area contributed by atoms with E-state index >= 15 is 0 Å². The molecule has 2 aliphatic rings. The number of hydrogen-bond acceptors (Lipinski definition) is 19. The SMILES string of the molecule is CSc1nc(N)c2ncc(C3(O)O[C@H](COCc4ccccc4)[C@@H](OCc4ccccc4)[C@@]3(C)OCc3ccccc3)n2n1.C[C@@]1(OCc2ccccc2)[C@H](OCc2ccccc2)[C@@H](COCc2ccccc2)OC1(O)c1cnc2c(N)ncnn12. The average Bonchev–Trinajstić information content (AvgIpc) is 1.62. The maximum Gasteiger partial charge on any atom is 0.244 e. The third kappa shape index (κ3) is 12.6. The number of aromatic nitrogens is 8. The topological polar surface area (TPSA) is 252 Å². The lowest BCUT2D eigenvalue weighted by atomic mass is 9.87. The van der Waals surface area contributed by atoms with Crippen molar-refractivity contribution in [2.45, 2.75) is 106 Å². The van der Waals surface area contributed by atoms with Crippen LogP contribution in [0.25, 0.3) is 11.3 Å². The maximum absolute atomic E-state index is 12.7. The molecule has 0 bridgehead atoms. The van der Waals surface area contributed by atoms with Gasteiger partial charge in [-0.05, 0) is 53.5 Å². The van der Waals surface area contributed by atoms with Gasteiger partial charge >= 0.3 is 0 Å². The molecule has 6 heterocycles. The highest BCUT2D eigenvalue weighted by Crippen LogP contribution is 2.51. The van der Waals surface area contributed by atoms with Crippen molar-refractivity contribution in [1.29, 1.82) is 0 Å². The maximum atomic E-state index is 12.7. The standard InChI is InChI=1S/C33H35N5O5S.C32H33N5O5/c1-32(42-21-25-16-10-5-11-17-25)28(41-20-24-14-8-4-9-15-24)26(22-40-19-23-12-6-3-7-13-23)43-33(32,39)27-18-35-30-29(34)36-31(44-2)37-38(27)30;1-31(41-20-25-15-9-4-10-16-25)28(40-19-24-13-7-3-8-14-24)26(21-39-18-23-11-5-2-6-12-23)42-32(31,38)27-17-34-30-29(33)35-22-36-37(27)30/h3-18,26,28,39H,19-22H2,1-2H3,(H2,34,36,37);2-17,22,26,28,38H,18-21H2,1H3,(H2,33,35,36)/t26-,28-,32-,33?;26-,28-,31-,32?/m11/s1. The average molecular weight is 1180 g/mol. The molecule has 86 heavy (non-hydrogen) atoms. The monoisotopic (exact) mass is 1180 g/mol. The van der Waals surface area contributed by atoms with Gasteiger partial charge in [0, 0.05) is 0 Å². The van der Waals surface area contributed by atoms with E-state index in [0.717, 1.165) is 33.4 Å². The molecule has 2 fully saturated rings. The first-order valence-corrected chi connectivity index (χ1v) is 29.3. The molecule has 0 radical (unpaired) electrons. The van der Waals surface area contributed by atoms with Crippen molar-refractivity contribution in [2.75, 3.05) is 30.9 Å². The highest BCUT2D eigenvalue weighted by atomic mass is 32.2. The number of nitrogens with two attached hydrogens (primary N) is 2. The minimum absolute atomic E-state index is 0.130. The van der Waals surface area contributed by atoms with Gasteiger partial charge in [0.1, 0.15) is 42.1 Å². The van der Waals surface area contributed by atoms with Gasteiger partial charge in [0.05, 0.1) is 65.2 Å². The Morgan fingerprint density at radius 2 is 0.849 bits per heavy atom. The van der Waals surface area contributed by atoms with E-state index in [1.54, 1.807) is 13.8 Å². The summed E-state index contributed by atoms with van der Waals surface area (Å²) in [5.74, 6) is -3.77. The summed E-state index contributed by atoms with van der Waals surface area (Å²) in [6, 6.07) is 58.9. The molecule has 2 unspecified atom stereocenters. The van der Waals surface area contributed by atoms with Crippen molar-refractivity contribution in [3.63, 3.8) is 0 Å². The lowest BCUT2D eigenvalue weighted by Crippen LogP contribution is -2.55. The second-order valence-corrected chi connectivity index (χ2v) is 22.0. The molecule has 6 N–H and O–H groups in total. The fourth-order valence-electron chi connectivity index (χ4n) is 10.8. The second kappa shape index (κ2) is 26.7. The zero-order chi connectivity index (χ0) is 59.6. The molecule has 0 aliphatic carbocycles. The molecular weight excluding hydrogens is 1110 g/mol. The predicted molar refractivity (Wildman–Crippen MR) is 321 cm³/mol. The van der Waals surface area contributed by atoms with Crippen molar-refractivity contribution >= 4 is 34.7 Å². The van der Waals surface area contributed by atoms with Crippen LogP contribution < -0.4 is 11.5 Å². The molecule has 0 amide bonds. The van der Waals surface area contributed by atoms with Crippen molar-refractivity contribution in [1.82, 2.24) is 39.2 Å². The van der Waals surface area contributed by atoms with E-state index < -0.39 is 47.2 Å². The van der Waals surface area contributed by atoms with E-state index in [1.807, 2.05) is 188 Å². The Balaban J connectivity index is 0.000000179. The van der Waals surface area contributed by atoms with Crippen LogP contribution in [-0.4, -0.2) is 104 Å². The Labute approximate surface area is 502 Å². The van der Waals surface area contributed by atoms with E-state index in [2.05, 4.69) is 30.1 Å². The summed E-state index contributed by atoms with van der Waals surface area (Å²) in [5, 5.41) is 34.6. The van der Waals surface area contributed by atoms with Crippen molar-refractivity contribution < 1.29 is 48.1 Å². The van der Waals surface area contributed by atoms with Crippen molar-refractivity contribution in [3.05, 3.63) is 245 Å². The summed E-state index contributed by atoms with van der Waals surface area (Å²) in [4.78, 5) is 17.2. The van der Waals surface area contributed by atoms with E-state index in [9.17, 15) is 10.2 Å². The number of hydrogen-bond donors (Lipinski definition) is 4. The Bertz CT molecular complexity index is 3770. The lowest BCUT2D eigenvalue weighted by Gasteiger charge is -2.39. The number of fused-ring (bicyclic) bond motifs is 2. The van der Waals surface area contributed by atoms with Crippen LogP contribution in [-0.2, 0) is 89.1 Å². The smallest absolute Gasteiger partial charge is 0.244 e. The molecule has 2 saturated heterocycles. The predicted octanol–water partition coefficient (Wildman–Crippen LogP) is 8.78. The van der Waals surface area contributed by atoms with E-state index in [0.29, 0.717) is 29.7 Å². The molecule has 20 nitrogen and oxygen atoms in total.